The summed E-state index contributed by atoms with van der Waals surface area (Å²) in [4.78, 5) is -0.209. The van der Waals surface area contributed by atoms with Crippen LogP contribution < -0.4 is 0 Å². The van der Waals surface area contributed by atoms with E-state index in [1.807, 2.05) is 0 Å². The van der Waals surface area contributed by atoms with E-state index in [2.05, 4.69) is 0 Å². The maximum absolute atomic E-state index is 12.3. The Hall–Kier alpha value is -1.12. The average molecular weight is 298 g/mol. The van der Waals surface area contributed by atoms with Crippen LogP contribution in [-0.4, -0.2) is 34.7 Å². The van der Waals surface area contributed by atoms with Gasteiger partial charge in [-0.25, -0.2) is 8.42 Å². The van der Waals surface area contributed by atoms with Crippen molar-refractivity contribution >= 4 is 9.84 Å². The quantitative estimate of drug-likeness (QED) is 0.781. The van der Waals surface area contributed by atoms with Gasteiger partial charge >= 0.3 is 6.18 Å². The Kier molecular flexibility index (Phi) is 4.94. The van der Waals surface area contributed by atoms with E-state index in [1.54, 1.807) is 0 Å². The molecule has 4 nitrogen and oxygen atoms in total. The minimum absolute atomic E-state index is 0.209. The molecule has 1 aromatic rings. The number of benzene rings is 1. The summed E-state index contributed by atoms with van der Waals surface area (Å²) >= 11 is 0. The summed E-state index contributed by atoms with van der Waals surface area (Å²) in [6.07, 6.45) is -5.46. The fourth-order valence-electron chi connectivity index (χ4n) is 1.36. The number of alkyl halides is 3. The van der Waals surface area contributed by atoms with Crippen molar-refractivity contribution in [2.75, 3.05) is 20.0 Å². The monoisotopic (exact) mass is 298 g/mol. The zero-order valence-corrected chi connectivity index (χ0v) is 11.1. The number of sulfone groups is 1. The highest BCUT2D eigenvalue weighted by molar-refractivity contribution is 7.91. The lowest BCUT2D eigenvalue weighted by molar-refractivity contribution is -0.137. The molecule has 0 aromatic heterocycles. The van der Waals surface area contributed by atoms with Crippen molar-refractivity contribution in [2.45, 2.75) is 17.4 Å². The van der Waals surface area contributed by atoms with Crippen molar-refractivity contribution in [3.63, 3.8) is 0 Å². The summed E-state index contributed by atoms with van der Waals surface area (Å²) in [7, 11) is -1.21. The Morgan fingerprint density at radius 1 is 1.11 bits per heavy atom. The van der Waals surface area contributed by atoms with Crippen molar-refractivity contribution in [3.8, 4) is 0 Å². The second-order valence-electron chi connectivity index (χ2n) is 3.70. The average Bonchev–Trinajstić information content (AvgIpc) is 2.35. The van der Waals surface area contributed by atoms with E-state index in [0.717, 1.165) is 24.3 Å². The molecule has 19 heavy (non-hydrogen) atoms. The molecule has 0 aliphatic carbocycles. The number of hydrogen-bond donors (Lipinski definition) is 0. The Morgan fingerprint density at radius 3 is 1.95 bits per heavy atom. The smallest absolute Gasteiger partial charge is 0.355 e. The highest BCUT2D eigenvalue weighted by atomic mass is 32.2. The standard InChI is InChI=1S/C11H13F3O4S/c1-17-10(18-2)7-19(15,16)9-5-3-8(4-6-9)11(12,13)14/h3-6,10H,7H2,1-2H3. The van der Waals surface area contributed by atoms with Gasteiger partial charge in [-0.2, -0.15) is 13.2 Å². The Bertz CT molecular complexity index is 504. The molecule has 0 unspecified atom stereocenters. The zero-order valence-electron chi connectivity index (χ0n) is 10.3. The van der Waals surface area contributed by atoms with Crippen LogP contribution in [-0.2, 0) is 25.5 Å². The number of methoxy groups -OCH3 is 2. The zero-order chi connectivity index (χ0) is 14.7. The van der Waals surface area contributed by atoms with Crippen molar-refractivity contribution < 1.29 is 31.1 Å². The molecule has 0 radical (unpaired) electrons. The summed E-state index contributed by atoms with van der Waals surface area (Å²) in [5.41, 5.74) is -0.901. The molecule has 0 aliphatic rings. The molecule has 1 rings (SSSR count). The van der Waals surface area contributed by atoms with Gasteiger partial charge in [0.25, 0.3) is 0 Å². The summed E-state index contributed by atoms with van der Waals surface area (Å²) in [5.74, 6) is -0.467. The van der Waals surface area contributed by atoms with Crippen LogP contribution in [0.1, 0.15) is 5.56 Å². The van der Waals surface area contributed by atoms with E-state index in [1.165, 1.54) is 14.2 Å². The van der Waals surface area contributed by atoms with E-state index in [4.69, 9.17) is 9.47 Å². The molecule has 0 fully saturated rings. The van der Waals surface area contributed by atoms with Gasteiger partial charge in [0, 0.05) is 14.2 Å². The molecular formula is C11H13F3O4S. The van der Waals surface area contributed by atoms with Crippen molar-refractivity contribution in [3.05, 3.63) is 29.8 Å². The normalized spacial score (nSPS) is 12.9. The first-order valence-corrected chi connectivity index (χ1v) is 6.81. The van der Waals surface area contributed by atoms with Crippen LogP contribution in [0, 0.1) is 0 Å². The predicted molar refractivity (Wildman–Crippen MR) is 61.3 cm³/mol. The maximum atomic E-state index is 12.3. The van der Waals surface area contributed by atoms with Crippen LogP contribution in [0.15, 0.2) is 29.2 Å². The Balaban J connectivity index is 2.97. The highest BCUT2D eigenvalue weighted by Gasteiger charge is 2.31. The molecule has 0 saturated carbocycles. The fourth-order valence-corrected chi connectivity index (χ4v) is 2.73. The van der Waals surface area contributed by atoms with Crippen molar-refractivity contribution in [1.82, 2.24) is 0 Å². The van der Waals surface area contributed by atoms with Crippen LogP contribution in [0.5, 0.6) is 0 Å². The topological polar surface area (TPSA) is 52.6 Å². The predicted octanol–water partition coefficient (Wildman–Crippen LogP) is 2.10. The highest BCUT2D eigenvalue weighted by Crippen LogP contribution is 2.29. The van der Waals surface area contributed by atoms with Crippen LogP contribution >= 0.6 is 0 Å². The molecule has 8 heteroatoms. The minimum atomic E-state index is -4.50. The van der Waals surface area contributed by atoms with Gasteiger partial charge in [-0.3, -0.25) is 0 Å². The van der Waals surface area contributed by atoms with Gasteiger partial charge in [0.2, 0.25) is 0 Å². The third kappa shape index (κ3) is 4.19. The molecule has 108 valence electrons. The van der Waals surface area contributed by atoms with Gasteiger partial charge < -0.3 is 9.47 Å². The lowest BCUT2D eigenvalue weighted by Crippen LogP contribution is -2.24. The van der Waals surface area contributed by atoms with Crippen LogP contribution in [0.3, 0.4) is 0 Å². The van der Waals surface area contributed by atoms with Gasteiger partial charge in [-0.05, 0) is 24.3 Å². The molecule has 0 amide bonds. The summed E-state index contributed by atoms with van der Waals surface area (Å²) in [6, 6.07) is 3.28. The third-order valence-corrected chi connectivity index (χ3v) is 4.12. The minimum Gasteiger partial charge on any atom is -0.355 e. The van der Waals surface area contributed by atoms with Crippen molar-refractivity contribution in [2.24, 2.45) is 0 Å². The second kappa shape index (κ2) is 5.89. The molecule has 1 aromatic carbocycles. The van der Waals surface area contributed by atoms with E-state index in [0.29, 0.717) is 0 Å². The number of rotatable bonds is 5. The molecule has 0 heterocycles. The number of ether oxygens (including phenoxy) is 2. The molecule has 0 N–H and O–H groups in total. The molecular weight excluding hydrogens is 285 g/mol. The lowest BCUT2D eigenvalue weighted by atomic mass is 10.2. The van der Waals surface area contributed by atoms with E-state index < -0.39 is 33.6 Å². The SMILES string of the molecule is COC(CS(=O)(=O)c1ccc(C(F)(F)F)cc1)OC. The van der Waals surface area contributed by atoms with E-state index in [-0.39, 0.29) is 4.90 Å². The number of hydrogen-bond acceptors (Lipinski definition) is 4. The molecule has 0 spiro atoms. The van der Waals surface area contributed by atoms with E-state index >= 15 is 0 Å². The van der Waals surface area contributed by atoms with Gasteiger partial charge in [-0.15, -0.1) is 0 Å². The second-order valence-corrected chi connectivity index (χ2v) is 5.74. The maximum Gasteiger partial charge on any atom is 0.416 e. The summed E-state index contributed by atoms with van der Waals surface area (Å²) in [6.45, 7) is 0. The van der Waals surface area contributed by atoms with Crippen LogP contribution in [0.2, 0.25) is 0 Å². The van der Waals surface area contributed by atoms with Gasteiger partial charge in [0.1, 0.15) is 5.75 Å². The first-order valence-electron chi connectivity index (χ1n) is 5.16. The van der Waals surface area contributed by atoms with Gasteiger partial charge in [0.05, 0.1) is 10.5 Å². The third-order valence-electron chi connectivity index (χ3n) is 2.42. The molecule has 0 atom stereocenters. The van der Waals surface area contributed by atoms with Gasteiger partial charge in [0.15, 0.2) is 16.1 Å². The summed E-state index contributed by atoms with van der Waals surface area (Å²) in [5, 5.41) is 0. The molecule has 0 saturated heterocycles. The largest absolute Gasteiger partial charge is 0.416 e. The lowest BCUT2D eigenvalue weighted by Gasteiger charge is -2.14. The van der Waals surface area contributed by atoms with Crippen LogP contribution in [0.25, 0.3) is 0 Å². The fraction of sp³-hybridized carbons (Fsp3) is 0.455. The molecule has 0 bridgehead atoms. The van der Waals surface area contributed by atoms with Gasteiger partial charge in [-0.1, -0.05) is 0 Å². The first kappa shape index (κ1) is 15.9. The van der Waals surface area contributed by atoms with Crippen molar-refractivity contribution in [1.29, 1.82) is 0 Å². The first-order chi connectivity index (χ1) is 8.70. The number of halogens is 3. The molecule has 0 aliphatic heterocycles. The van der Waals surface area contributed by atoms with E-state index in [9.17, 15) is 21.6 Å². The van der Waals surface area contributed by atoms with Crippen LogP contribution in [0.4, 0.5) is 13.2 Å². The Morgan fingerprint density at radius 2 is 1.58 bits per heavy atom. The Labute approximate surface area is 109 Å². The summed E-state index contributed by atoms with van der Waals surface area (Å²) < 4.78 is 70.3.